The van der Waals surface area contributed by atoms with Crippen molar-refractivity contribution in [2.24, 2.45) is 0 Å². The molecule has 0 spiro atoms. The van der Waals surface area contributed by atoms with Crippen LogP contribution in [0.3, 0.4) is 0 Å². The lowest BCUT2D eigenvalue weighted by atomic mass is 10.0. The second kappa shape index (κ2) is 6.03. The van der Waals surface area contributed by atoms with Gasteiger partial charge in [-0.05, 0) is 49.4 Å². The van der Waals surface area contributed by atoms with Crippen LogP contribution in [0.5, 0.6) is 5.75 Å². The number of hydrogen-bond donors (Lipinski definition) is 1. The van der Waals surface area contributed by atoms with Crippen LogP contribution in [0, 0.1) is 0 Å². The van der Waals surface area contributed by atoms with Gasteiger partial charge in [-0.25, -0.2) is 0 Å². The first-order valence-corrected chi connectivity index (χ1v) is 7.11. The quantitative estimate of drug-likeness (QED) is 0.883. The van der Waals surface area contributed by atoms with Gasteiger partial charge in [-0.2, -0.15) is 11.3 Å². The SMILES string of the molecule is CNC(c1ccsc1)c1ccccc1OC(C)C. The van der Waals surface area contributed by atoms with Gasteiger partial charge in [0.15, 0.2) is 0 Å². The predicted molar refractivity (Wildman–Crippen MR) is 77.4 cm³/mol. The standard InChI is InChI=1S/C15H19NOS/c1-11(2)17-14-7-5-4-6-13(14)15(16-3)12-8-9-18-10-12/h4-11,15-16H,1-3H3. The van der Waals surface area contributed by atoms with Crippen molar-refractivity contribution in [2.75, 3.05) is 7.05 Å². The van der Waals surface area contributed by atoms with E-state index in [1.54, 1.807) is 11.3 Å². The van der Waals surface area contributed by atoms with E-state index in [0.29, 0.717) is 0 Å². The Morgan fingerprint density at radius 2 is 1.94 bits per heavy atom. The predicted octanol–water partition coefficient (Wildman–Crippen LogP) is 3.84. The highest BCUT2D eigenvalue weighted by molar-refractivity contribution is 7.08. The van der Waals surface area contributed by atoms with Crippen LogP contribution in [0.25, 0.3) is 0 Å². The summed E-state index contributed by atoms with van der Waals surface area (Å²) in [4.78, 5) is 0. The number of rotatable bonds is 5. The molecule has 0 aliphatic heterocycles. The third-order valence-electron chi connectivity index (χ3n) is 2.76. The molecule has 0 amide bonds. The molecular weight excluding hydrogens is 242 g/mol. The van der Waals surface area contributed by atoms with Crippen LogP contribution < -0.4 is 10.1 Å². The number of para-hydroxylation sites is 1. The van der Waals surface area contributed by atoms with E-state index in [1.807, 2.05) is 19.2 Å². The Kier molecular flexibility index (Phi) is 4.39. The number of nitrogens with one attached hydrogen (secondary N) is 1. The first-order chi connectivity index (χ1) is 8.72. The van der Waals surface area contributed by atoms with Gasteiger partial charge in [-0.15, -0.1) is 0 Å². The smallest absolute Gasteiger partial charge is 0.124 e. The topological polar surface area (TPSA) is 21.3 Å². The van der Waals surface area contributed by atoms with Gasteiger partial charge >= 0.3 is 0 Å². The highest BCUT2D eigenvalue weighted by Crippen LogP contribution is 2.31. The summed E-state index contributed by atoms with van der Waals surface area (Å²) >= 11 is 1.72. The Bertz CT molecular complexity index is 479. The first kappa shape index (κ1) is 13.1. The van der Waals surface area contributed by atoms with Gasteiger partial charge in [0.25, 0.3) is 0 Å². The summed E-state index contributed by atoms with van der Waals surface area (Å²) in [6.07, 6.45) is 0.186. The van der Waals surface area contributed by atoms with Crippen LogP contribution in [0.2, 0.25) is 0 Å². The Balaban J connectivity index is 2.36. The average molecular weight is 261 g/mol. The van der Waals surface area contributed by atoms with E-state index in [0.717, 1.165) is 5.75 Å². The van der Waals surface area contributed by atoms with Gasteiger partial charge in [0, 0.05) is 5.56 Å². The molecular formula is C15H19NOS. The molecule has 2 aromatic rings. The Morgan fingerprint density at radius 3 is 2.56 bits per heavy atom. The van der Waals surface area contributed by atoms with E-state index >= 15 is 0 Å². The largest absolute Gasteiger partial charge is 0.491 e. The number of thiophene rings is 1. The van der Waals surface area contributed by atoms with E-state index in [9.17, 15) is 0 Å². The van der Waals surface area contributed by atoms with Crippen molar-refractivity contribution in [3.63, 3.8) is 0 Å². The lowest BCUT2D eigenvalue weighted by Gasteiger charge is -2.20. The van der Waals surface area contributed by atoms with Crippen molar-refractivity contribution in [1.82, 2.24) is 5.32 Å². The second-order valence-electron chi connectivity index (χ2n) is 4.48. The molecule has 0 aliphatic rings. The third kappa shape index (κ3) is 2.92. The normalized spacial score (nSPS) is 12.7. The summed E-state index contributed by atoms with van der Waals surface area (Å²) in [6.45, 7) is 4.10. The van der Waals surface area contributed by atoms with Crippen molar-refractivity contribution in [1.29, 1.82) is 0 Å². The van der Waals surface area contributed by atoms with Crippen molar-refractivity contribution in [3.8, 4) is 5.75 Å². The molecule has 0 radical (unpaired) electrons. The molecule has 1 aromatic carbocycles. The van der Waals surface area contributed by atoms with E-state index < -0.39 is 0 Å². The highest BCUT2D eigenvalue weighted by atomic mass is 32.1. The second-order valence-corrected chi connectivity index (χ2v) is 5.26. The van der Waals surface area contributed by atoms with E-state index in [2.05, 4.69) is 48.1 Å². The maximum atomic E-state index is 5.89. The lowest BCUT2D eigenvalue weighted by Crippen LogP contribution is -2.19. The zero-order valence-corrected chi connectivity index (χ0v) is 11.8. The zero-order valence-electron chi connectivity index (χ0n) is 11.0. The molecule has 0 bridgehead atoms. The Morgan fingerprint density at radius 1 is 1.17 bits per heavy atom. The zero-order chi connectivity index (χ0) is 13.0. The molecule has 2 nitrogen and oxygen atoms in total. The van der Waals surface area contributed by atoms with Gasteiger partial charge < -0.3 is 10.1 Å². The van der Waals surface area contributed by atoms with E-state index in [1.165, 1.54) is 11.1 Å². The Labute approximate surface area is 113 Å². The molecule has 1 unspecified atom stereocenters. The van der Waals surface area contributed by atoms with E-state index in [4.69, 9.17) is 4.74 Å². The fourth-order valence-corrected chi connectivity index (χ4v) is 2.71. The van der Waals surface area contributed by atoms with Crippen LogP contribution >= 0.6 is 11.3 Å². The fourth-order valence-electron chi connectivity index (χ4n) is 2.02. The molecule has 1 N–H and O–H groups in total. The van der Waals surface area contributed by atoms with Crippen molar-refractivity contribution in [2.45, 2.75) is 26.0 Å². The molecule has 1 heterocycles. The van der Waals surface area contributed by atoms with Crippen LogP contribution in [0.1, 0.15) is 31.0 Å². The molecule has 3 heteroatoms. The number of hydrogen-bond acceptors (Lipinski definition) is 3. The summed E-state index contributed by atoms with van der Waals surface area (Å²) in [6, 6.07) is 10.6. The van der Waals surface area contributed by atoms with Crippen molar-refractivity contribution < 1.29 is 4.74 Å². The van der Waals surface area contributed by atoms with Crippen LogP contribution in [0.15, 0.2) is 41.1 Å². The molecule has 2 rings (SSSR count). The molecule has 1 aromatic heterocycles. The lowest BCUT2D eigenvalue weighted by molar-refractivity contribution is 0.238. The van der Waals surface area contributed by atoms with Crippen molar-refractivity contribution in [3.05, 3.63) is 52.2 Å². The molecule has 0 saturated carbocycles. The van der Waals surface area contributed by atoms with Gasteiger partial charge in [0.05, 0.1) is 12.1 Å². The molecule has 1 atom stereocenters. The first-order valence-electron chi connectivity index (χ1n) is 6.17. The fraction of sp³-hybridized carbons (Fsp3) is 0.333. The van der Waals surface area contributed by atoms with Gasteiger partial charge in [0.2, 0.25) is 0 Å². The van der Waals surface area contributed by atoms with Crippen LogP contribution in [0.4, 0.5) is 0 Å². The summed E-state index contributed by atoms with van der Waals surface area (Å²) in [5.41, 5.74) is 2.47. The molecule has 0 aliphatic carbocycles. The highest BCUT2D eigenvalue weighted by Gasteiger charge is 2.17. The molecule has 0 saturated heterocycles. The number of ether oxygens (including phenoxy) is 1. The van der Waals surface area contributed by atoms with E-state index in [-0.39, 0.29) is 12.1 Å². The van der Waals surface area contributed by atoms with Gasteiger partial charge in [0.1, 0.15) is 5.75 Å². The third-order valence-corrected chi connectivity index (χ3v) is 3.46. The van der Waals surface area contributed by atoms with Gasteiger partial charge in [-0.1, -0.05) is 18.2 Å². The minimum atomic E-state index is 0.186. The molecule has 18 heavy (non-hydrogen) atoms. The maximum Gasteiger partial charge on any atom is 0.124 e. The maximum absolute atomic E-state index is 5.89. The molecule has 96 valence electrons. The minimum Gasteiger partial charge on any atom is -0.491 e. The summed E-state index contributed by atoms with van der Waals surface area (Å²) < 4.78 is 5.89. The van der Waals surface area contributed by atoms with Crippen LogP contribution in [-0.4, -0.2) is 13.2 Å². The number of benzene rings is 1. The minimum absolute atomic E-state index is 0.186. The summed E-state index contributed by atoms with van der Waals surface area (Å²) in [5, 5.41) is 7.64. The van der Waals surface area contributed by atoms with Crippen LogP contribution in [-0.2, 0) is 0 Å². The summed E-state index contributed by atoms with van der Waals surface area (Å²) in [5.74, 6) is 0.957. The Hall–Kier alpha value is -1.32. The average Bonchev–Trinajstić information content (AvgIpc) is 2.85. The van der Waals surface area contributed by atoms with Crippen molar-refractivity contribution >= 4 is 11.3 Å². The summed E-state index contributed by atoms with van der Waals surface area (Å²) in [7, 11) is 1.98. The van der Waals surface area contributed by atoms with Gasteiger partial charge in [-0.3, -0.25) is 0 Å². The monoisotopic (exact) mass is 261 g/mol. The molecule has 0 fully saturated rings.